The second-order valence-electron chi connectivity index (χ2n) is 3.10. The van der Waals surface area contributed by atoms with Gasteiger partial charge in [-0.2, -0.15) is 0 Å². The zero-order chi connectivity index (χ0) is 11.4. The number of nitrogen functional groups attached to an aromatic ring is 1. The maximum atomic E-state index is 5.62. The lowest BCUT2D eigenvalue weighted by molar-refractivity contribution is 0.287. The summed E-state index contributed by atoms with van der Waals surface area (Å²) in [4.78, 5) is 4.95. The number of nitrogens with zero attached hydrogens (tertiary/aromatic N) is 1. The van der Waals surface area contributed by atoms with Crippen LogP contribution >= 0.6 is 11.3 Å². The molecule has 2 N–H and O–H groups in total. The normalized spacial score (nSPS) is 10.1. The molecular weight excluding hydrogens is 224 g/mol. The molecule has 2 rings (SSSR count). The van der Waals surface area contributed by atoms with Crippen molar-refractivity contribution in [2.45, 2.75) is 6.61 Å². The van der Waals surface area contributed by atoms with Crippen molar-refractivity contribution in [3.8, 4) is 11.5 Å². The molecule has 0 aliphatic heterocycles. The van der Waals surface area contributed by atoms with Gasteiger partial charge in [0.15, 0.2) is 16.6 Å². The van der Waals surface area contributed by atoms with Crippen LogP contribution in [0.1, 0.15) is 4.88 Å². The summed E-state index contributed by atoms with van der Waals surface area (Å²) >= 11 is 1.42. The number of hydrogen-bond donors (Lipinski definition) is 1. The highest BCUT2D eigenvalue weighted by Gasteiger charge is 2.04. The van der Waals surface area contributed by atoms with Gasteiger partial charge in [-0.1, -0.05) is 23.5 Å². The molecule has 0 radical (unpaired) electrons. The molecule has 0 spiro atoms. The number of para-hydroxylation sites is 2. The lowest BCUT2D eigenvalue weighted by Gasteiger charge is -2.08. The van der Waals surface area contributed by atoms with Gasteiger partial charge in [0.1, 0.15) is 6.61 Å². The minimum atomic E-state index is 0.454. The summed E-state index contributed by atoms with van der Waals surface area (Å²) in [5.41, 5.74) is 5.53. The molecule has 5 heteroatoms. The number of ether oxygens (including phenoxy) is 2. The Kier molecular flexibility index (Phi) is 3.26. The number of nitrogens with two attached hydrogens (primary N) is 1. The number of anilines is 1. The molecule has 0 atom stereocenters. The summed E-state index contributed by atoms with van der Waals surface area (Å²) in [6.07, 6.45) is 1.72. The van der Waals surface area contributed by atoms with E-state index >= 15 is 0 Å². The third kappa shape index (κ3) is 2.43. The first kappa shape index (κ1) is 10.8. The maximum Gasteiger partial charge on any atom is 0.180 e. The Labute approximate surface area is 97.6 Å². The van der Waals surface area contributed by atoms with Crippen LogP contribution in [0, 0.1) is 0 Å². The molecule has 0 unspecified atom stereocenters. The van der Waals surface area contributed by atoms with Crippen molar-refractivity contribution in [1.82, 2.24) is 4.98 Å². The van der Waals surface area contributed by atoms with Crippen LogP contribution in [-0.2, 0) is 6.61 Å². The van der Waals surface area contributed by atoms with E-state index in [-0.39, 0.29) is 0 Å². The average molecular weight is 236 g/mol. The standard InChI is InChI=1S/C11H12N2O2S/c1-14-9-4-2-3-5-10(9)15-7-8-6-13-11(12)16-8/h2-6H,7H2,1H3,(H2,12,13). The maximum absolute atomic E-state index is 5.62. The molecule has 1 aromatic carbocycles. The molecule has 0 saturated heterocycles. The largest absolute Gasteiger partial charge is 0.493 e. The highest BCUT2D eigenvalue weighted by Crippen LogP contribution is 2.27. The van der Waals surface area contributed by atoms with Crippen molar-refractivity contribution in [2.24, 2.45) is 0 Å². The molecule has 16 heavy (non-hydrogen) atoms. The first-order chi connectivity index (χ1) is 7.79. The number of hydrogen-bond acceptors (Lipinski definition) is 5. The third-order valence-electron chi connectivity index (χ3n) is 2.01. The SMILES string of the molecule is COc1ccccc1OCc1cnc(N)s1. The first-order valence-corrected chi connectivity index (χ1v) is 5.57. The molecule has 0 fully saturated rings. The van der Waals surface area contributed by atoms with Gasteiger partial charge < -0.3 is 15.2 Å². The Morgan fingerprint density at radius 1 is 1.31 bits per heavy atom. The molecule has 0 aliphatic carbocycles. The van der Waals surface area contributed by atoms with Gasteiger partial charge in [0.05, 0.1) is 12.0 Å². The van der Waals surface area contributed by atoms with E-state index in [1.54, 1.807) is 13.3 Å². The molecule has 84 valence electrons. The van der Waals surface area contributed by atoms with E-state index in [0.717, 1.165) is 16.4 Å². The predicted octanol–water partition coefficient (Wildman–Crippen LogP) is 2.31. The van der Waals surface area contributed by atoms with E-state index in [0.29, 0.717) is 11.7 Å². The van der Waals surface area contributed by atoms with Gasteiger partial charge >= 0.3 is 0 Å². The molecule has 2 aromatic rings. The van der Waals surface area contributed by atoms with E-state index in [2.05, 4.69) is 4.98 Å². The number of benzene rings is 1. The van der Waals surface area contributed by atoms with E-state index in [1.807, 2.05) is 24.3 Å². The van der Waals surface area contributed by atoms with Gasteiger partial charge in [-0.15, -0.1) is 0 Å². The van der Waals surface area contributed by atoms with Crippen LogP contribution in [0.3, 0.4) is 0 Å². The predicted molar refractivity (Wildman–Crippen MR) is 63.9 cm³/mol. The monoisotopic (exact) mass is 236 g/mol. The summed E-state index contributed by atoms with van der Waals surface area (Å²) in [5, 5.41) is 0.554. The van der Waals surface area contributed by atoms with Gasteiger partial charge in [-0.3, -0.25) is 0 Å². The molecular formula is C11H12N2O2S. The summed E-state index contributed by atoms with van der Waals surface area (Å²) < 4.78 is 10.8. The second kappa shape index (κ2) is 4.85. The summed E-state index contributed by atoms with van der Waals surface area (Å²) in [7, 11) is 1.62. The van der Waals surface area contributed by atoms with Gasteiger partial charge in [-0.25, -0.2) is 4.98 Å². The van der Waals surface area contributed by atoms with Gasteiger partial charge in [-0.05, 0) is 12.1 Å². The quantitative estimate of drug-likeness (QED) is 0.885. The lowest BCUT2D eigenvalue weighted by Crippen LogP contribution is -1.95. The fourth-order valence-corrected chi connectivity index (χ4v) is 1.87. The van der Waals surface area contributed by atoms with Crippen molar-refractivity contribution in [3.05, 3.63) is 35.3 Å². The van der Waals surface area contributed by atoms with Crippen LogP contribution in [-0.4, -0.2) is 12.1 Å². The van der Waals surface area contributed by atoms with Crippen LogP contribution in [0.2, 0.25) is 0 Å². The highest BCUT2D eigenvalue weighted by molar-refractivity contribution is 7.15. The van der Waals surface area contributed by atoms with Gasteiger partial charge in [0, 0.05) is 6.20 Å². The third-order valence-corrected chi connectivity index (χ3v) is 2.81. The van der Waals surface area contributed by atoms with Crippen molar-refractivity contribution in [3.63, 3.8) is 0 Å². The minimum Gasteiger partial charge on any atom is -0.493 e. The van der Waals surface area contributed by atoms with E-state index < -0.39 is 0 Å². The highest BCUT2D eigenvalue weighted by atomic mass is 32.1. The molecule has 4 nitrogen and oxygen atoms in total. The first-order valence-electron chi connectivity index (χ1n) is 4.75. The van der Waals surface area contributed by atoms with E-state index in [4.69, 9.17) is 15.2 Å². The second-order valence-corrected chi connectivity index (χ2v) is 4.25. The van der Waals surface area contributed by atoms with Crippen molar-refractivity contribution >= 4 is 16.5 Å². The molecule has 0 amide bonds. The molecule has 0 bridgehead atoms. The Morgan fingerprint density at radius 2 is 2.06 bits per heavy atom. The zero-order valence-corrected chi connectivity index (χ0v) is 9.66. The Bertz CT molecular complexity index is 471. The lowest BCUT2D eigenvalue weighted by atomic mass is 10.3. The molecule has 0 aliphatic rings. The summed E-state index contributed by atoms with van der Waals surface area (Å²) in [6.45, 7) is 0.454. The average Bonchev–Trinajstić information content (AvgIpc) is 2.73. The fourth-order valence-electron chi connectivity index (χ4n) is 1.28. The topological polar surface area (TPSA) is 57.4 Å². The number of methoxy groups -OCH3 is 1. The minimum absolute atomic E-state index is 0.454. The van der Waals surface area contributed by atoms with Gasteiger partial charge in [0.25, 0.3) is 0 Å². The molecule has 1 aromatic heterocycles. The van der Waals surface area contributed by atoms with Crippen molar-refractivity contribution in [2.75, 3.05) is 12.8 Å². The van der Waals surface area contributed by atoms with Crippen LogP contribution in [0.15, 0.2) is 30.5 Å². The van der Waals surface area contributed by atoms with Crippen molar-refractivity contribution in [1.29, 1.82) is 0 Å². The van der Waals surface area contributed by atoms with E-state index in [1.165, 1.54) is 11.3 Å². The zero-order valence-electron chi connectivity index (χ0n) is 8.84. The summed E-state index contributed by atoms with van der Waals surface area (Å²) in [5.74, 6) is 1.44. The van der Waals surface area contributed by atoms with Crippen LogP contribution in [0.25, 0.3) is 0 Å². The number of rotatable bonds is 4. The summed E-state index contributed by atoms with van der Waals surface area (Å²) in [6, 6.07) is 7.52. The molecule has 1 heterocycles. The van der Waals surface area contributed by atoms with Crippen LogP contribution in [0.5, 0.6) is 11.5 Å². The van der Waals surface area contributed by atoms with Crippen molar-refractivity contribution < 1.29 is 9.47 Å². The Balaban J connectivity index is 2.04. The smallest absolute Gasteiger partial charge is 0.180 e. The van der Waals surface area contributed by atoms with Crippen LogP contribution < -0.4 is 15.2 Å². The Morgan fingerprint density at radius 3 is 2.69 bits per heavy atom. The number of thiazole rings is 1. The van der Waals surface area contributed by atoms with E-state index in [9.17, 15) is 0 Å². The molecule has 0 saturated carbocycles. The Hall–Kier alpha value is -1.75. The fraction of sp³-hybridized carbons (Fsp3) is 0.182. The van der Waals surface area contributed by atoms with Gasteiger partial charge in [0.2, 0.25) is 0 Å². The number of aromatic nitrogens is 1. The van der Waals surface area contributed by atoms with Crippen LogP contribution in [0.4, 0.5) is 5.13 Å².